The molecule has 6 N–H and O–H groups in total. The van der Waals surface area contributed by atoms with Crippen molar-refractivity contribution in [2.75, 3.05) is 19.8 Å². The third-order valence-corrected chi connectivity index (χ3v) is 10.5. The lowest BCUT2D eigenvalue weighted by atomic mass is 9.53. The molecule has 0 aromatic carbocycles. The van der Waals surface area contributed by atoms with Gasteiger partial charge in [-0.1, -0.05) is 46.8 Å². The highest BCUT2D eigenvalue weighted by atomic mass is 35.5. The number of hydrogen-bond acceptors (Lipinski definition) is 3. The maximum absolute atomic E-state index is 13.7. The van der Waals surface area contributed by atoms with Crippen LogP contribution in [0.3, 0.4) is 0 Å². The van der Waals surface area contributed by atoms with Gasteiger partial charge in [0.25, 0.3) is 0 Å². The van der Waals surface area contributed by atoms with E-state index in [1.54, 1.807) is 5.57 Å². The van der Waals surface area contributed by atoms with Crippen molar-refractivity contribution in [3.8, 4) is 0 Å². The monoisotopic (exact) mass is 541 g/mol. The molecule has 37 heavy (non-hydrogen) atoms. The molecule has 5 aliphatic carbocycles. The fourth-order valence-corrected chi connectivity index (χ4v) is 9.05. The Morgan fingerprint density at radius 3 is 2.16 bits per heavy atom. The first kappa shape index (κ1) is 32.6. The van der Waals surface area contributed by atoms with Crippen molar-refractivity contribution in [2.24, 2.45) is 35.0 Å². The number of piperidine rings is 1. The number of rotatable bonds is 7. The number of allylic oxidation sites excluding steroid dienone is 2. The molecule has 2 unspecified atom stereocenters. The normalized spacial score (nSPS) is 36.6. The number of carbonyl (C=O) groups is 1. The first-order valence-electron chi connectivity index (χ1n) is 14.2. The molecule has 6 rings (SSSR count). The lowest BCUT2D eigenvalue weighted by Crippen LogP contribution is -2.62. The molecule has 3 atom stereocenters. The van der Waals surface area contributed by atoms with Crippen LogP contribution >= 0.6 is 11.6 Å². The minimum Gasteiger partial charge on any atom is -0.412 e. The van der Waals surface area contributed by atoms with E-state index in [9.17, 15) is 4.79 Å². The molecule has 1 heterocycles. The Bertz CT molecular complexity index is 764. The second-order valence-electron chi connectivity index (χ2n) is 13.7. The first-order chi connectivity index (χ1) is 16.1. The Hall–Kier alpha value is -0.660. The Kier molecular flexibility index (Phi) is 11.2. The summed E-state index contributed by atoms with van der Waals surface area (Å²) in [4.78, 5) is 15.9. The smallest absolute Gasteiger partial charge is 0.240 e. The van der Waals surface area contributed by atoms with E-state index in [4.69, 9.17) is 11.6 Å². The maximum atomic E-state index is 13.7. The minimum atomic E-state index is -0.111. The molecule has 4 bridgehead atoms. The third-order valence-electron chi connectivity index (χ3n) is 10.1. The predicted molar refractivity (Wildman–Crippen MR) is 155 cm³/mol. The summed E-state index contributed by atoms with van der Waals surface area (Å²) in [7, 11) is 0. The highest BCUT2D eigenvalue weighted by Gasteiger charge is 2.50. The standard InChI is InChI=1S/C29H48ClN3O.CH4.2H2O/c1-19(2)26(31-18-32-29-14-20-11-21(15-29)13-22(12-20)16-29)27(34)33-10-9-25(28(3,4)17-33)23-5-7-24(30)8-6-23;;;/h5,19-22,24-26,31-32H,6-18H2,1-4H3;1H4;2*1H2/t20?,21?,22?,24?,25?,26-,29?;;;/m1.../s1. The van der Waals surface area contributed by atoms with E-state index in [-0.39, 0.29) is 35.8 Å². The molecule has 0 aromatic heterocycles. The van der Waals surface area contributed by atoms with Crippen molar-refractivity contribution in [1.82, 2.24) is 15.5 Å². The average molecular weight is 542 g/mol. The van der Waals surface area contributed by atoms with Crippen molar-refractivity contribution in [1.29, 1.82) is 0 Å². The number of nitrogens with one attached hydrogen (secondary N) is 2. The molecule has 1 aliphatic heterocycles. The highest BCUT2D eigenvalue weighted by Crippen LogP contribution is 2.55. The summed E-state index contributed by atoms with van der Waals surface area (Å²) in [6.07, 6.45) is 15.2. The van der Waals surface area contributed by atoms with Gasteiger partial charge in [-0.2, -0.15) is 0 Å². The zero-order valence-corrected chi connectivity index (χ0v) is 23.8. The van der Waals surface area contributed by atoms with Crippen molar-refractivity contribution >= 4 is 17.5 Å². The average Bonchev–Trinajstić information content (AvgIpc) is 2.75. The van der Waals surface area contributed by atoms with E-state index in [2.05, 4.69) is 49.3 Å². The fraction of sp³-hybridized carbons (Fsp3) is 0.900. The van der Waals surface area contributed by atoms with Crippen LogP contribution in [0.4, 0.5) is 0 Å². The summed E-state index contributed by atoms with van der Waals surface area (Å²) >= 11 is 6.34. The Morgan fingerprint density at radius 2 is 1.68 bits per heavy atom. The third kappa shape index (κ3) is 6.92. The summed E-state index contributed by atoms with van der Waals surface area (Å²) in [5, 5.41) is 7.91. The SMILES string of the molecule is C.CC(C)[C@@H](NCNC12CC3CC(CC(C3)C1)C2)C(=O)N1CCC(C2=CCC(Cl)CC2)C(C)(C)C1.O.O. The number of nitrogens with zero attached hydrogens (tertiary/aromatic N) is 1. The van der Waals surface area contributed by atoms with Gasteiger partial charge in [-0.15, -0.1) is 11.6 Å². The number of likely N-dealkylation sites (tertiary alicyclic amines) is 1. The van der Waals surface area contributed by atoms with Crippen molar-refractivity contribution in [3.05, 3.63) is 11.6 Å². The molecule has 216 valence electrons. The molecule has 6 nitrogen and oxygen atoms in total. The molecule has 0 aromatic rings. The van der Waals surface area contributed by atoms with Crippen LogP contribution in [-0.2, 0) is 4.79 Å². The van der Waals surface area contributed by atoms with E-state index in [0.29, 0.717) is 22.7 Å². The molecular formula is C30H56ClN3O3. The Balaban J connectivity index is 0.00000160. The zero-order valence-electron chi connectivity index (χ0n) is 23.0. The van der Waals surface area contributed by atoms with Crippen molar-refractivity contribution < 1.29 is 15.7 Å². The second-order valence-corrected chi connectivity index (χ2v) is 14.3. The van der Waals surface area contributed by atoms with Crippen LogP contribution in [0.25, 0.3) is 0 Å². The van der Waals surface area contributed by atoms with Gasteiger partial charge < -0.3 is 15.9 Å². The zero-order chi connectivity index (χ0) is 24.1. The molecular weight excluding hydrogens is 486 g/mol. The molecule has 0 spiro atoms. The van der Waals surface area contributed by atoms with E-state index in [1.165, 1.54) is 38.5 Å². The molecule has 1 saturated heterocycles. The van der Waals surface area contributed by atoms with Crippen LogP contribution in [0.1, 0.15) is 99.3 Å². The van der Waals surface area contributed by atoms with Gasteiger partial charge in [0.05, 0.1) is 6.04 Å². The van der Waals surface area contributed by atoms with Crippen LogP contribution in [0, 0.1) is 35.0 Å². The van der Waals surface area contributed by atoms with Crippen LogP contribution in [-0.4, -0.2) is 58.5 Å². The Morgan fingerprint density at radius 1 is 1.08 bits per heavy atom. The molecule has 5 fully saturated rings. The van der Waals surface area contributed by atoms with Crippen molar-refractivity contribution in [3.63, 3.8) is 0 Å². The number of amides is 1. The Labute approximate surface area is 231 Å². The van der Waals surface area contributed by atoms with Gasteiger partial charge in [-0.3, -0.25) is 15.4 Å². The quantitative estimate of drug-likeness (QED) is 0.277. The topological polar surface area (TPSA) is 107 Å². The van der Waals surface area contributed by atoms with Gasteiger partial charge in [0, 0.05) is 30.7 Å². The lowest BCUT2D eigenvalue weighted by Gasteiger charge is -2.57. The van der Waals surface area contributed by atoms with E-state index in [1.807, 2.05) is 0 Å². The molecule has 1 amide bonds. The first-order valence-corrected chi connectivity index (χ1v) is 14.7. The summed E-state index contributed by atoms with van der Waals surface area (Å²) < 4.78 is 0. The fourth-order valence-electron chi connectivity index (χ4n) is 8.85. The second kappa shape index (κ2) is 12.7. The van der Waals surface area contributed by atoms with Gasteiger partial charge in [0.2, 0.25) is 5.91 Å². The van der Waals surface area contributed by atoms with E-state index >= 15 is 0 Å². The number of halogens is 1. The summed E-state index contributed by atoms with van der Waals surface area (Å²) in [6, 6.07) is -0.111. The highest BCUT2D eigenvalue weighted by molar-refractivity contribution is 6.20. The van der Waals surface area contributed by atoms with Crippen LogP contribution in [0.15, 0.2) is 11.6 Å². The van der Waals surface area contributed by atoms with E-state index in [0.717, 1.165) is 63.2 Å². The maximum Gasteiger partial charge on any atom is 0.240 e. The van der Waals surface area contributed by atoms with Gasteiger partial charge in [-0.05, 0) is 99.2 Å². The molecule has 6 aliphatic rings. The van der Waals surface area contributed by atoms with Crippen LogP contribution in [0.5, 0.6) is 0 Å². The largest absolute Gasteiger partial charge is 0.412 e. The summed E-state index contributed by atoms with van der Waals surface area (Å²) in [6.45, 7) is 11.6. The summed E-state index contributed by atoms with van der Waals surface area (Å²) in [5.41, 5.74) is 2.03. The van der Waals surface area contributed by atoms with Crippen molar-refractivity contribution in [2.45, 2.75) is 116 Å². The van der Waals surface area contributed by atoms with Crippen LogP contribution in [0.2, 0.25) is 0 Å². The summed E-state index contributed by atoms with van der Waals surface area (Å²) in [5.74, 6) is 3.99. The van der Waals surface area contributed by atoms with Crippen LogP contribution < -0.4 is 10.6 Å². The van der Waals surface area contributed by atoms with Gasteiger partial charge in [0.15, 0.2) is 0 Å². The van der Waals surface area contributed by atoms with Gasteiger partial charge in [0.1, 0.15) is 0 Å². The number of alkyl halides is 1. The molecule has 7 heteroatoms. The van der Waals surface area contributed by atoms with E-state index < -0.39 is 0 Å². The lowest BCUT2D eigenvalue weighted by molar-refractivity contribution is -0.138. The predicted octanol–water partition coefficient (Wildman–Crippen LogP) is 4.70. The van der Waals surface area contributed by atoms with Gasteiger partial charge in [-0.25, -0.2) is 0 Å². The number of hydrogen-bond donors (Lipinski definition) is 2. The minimum absolute atomic E-state index is 0. The molecule has 0 radical (unpaired) electrons. The molecule has 4 saturated carbocycles. The van der Waals surface area contributed by atoms with Gasteiger partial charge >= 0.3 is 0 Å². The number of carbonyl (C=O) groups excluding carboxylic acids is 1.